The summed E-state index contributed by atoms with van der Waals surface area (Å²) in [4.78, 5) is 46.2. The Bertz CT molecular complexity index is 2590. The van der Waals surface area contributed by atoms with E-state index in [4.69, 9.17) is 9.72 Å². The van der Waals surface area contributed by atoms with Crippen LogP contribution in [-0.4, -0.2) is 76.3 Å². The first-order valence-corrected chi connectivity index (χ1v) is 24.0. The SMILES string of the molecule is CC1CCC(CNc2ncc(S(=O)(=O)NC(=O)c3ccc(N4CCC5(CC4)CC(N4CCC[C@H]4c4ccccc4C(C)C)C5)nc3Oc3cnc4[nH]ccc4c3)cc2[N+](=O)[O-])CC1. The van der Waals surface area contributed by atoms with Crippen LogP contribution in [0.1, 0.15) is 118 Å². The van der Waals surface area contributed by atoms with Gasteiger partial charge in [0.1, 0.15) is 27.7 Å². The summed E-state index contributed by atoms with van der Waals surface area (Å²) in [6.45, 7) is 10.00. The Morgan fingerprint density at radius 1 is 1.00 bits per heavy atom. The third-order valence-corrected chi connectivity index (χ3v) is 15.5. The molecule has 1 amide bonds. The van der Waals surface area contributed by atoms with Gasteiger partial charge in [-0.25, -0.2) is 23.1 Å². The lowest BCUT2D eigenvalue weighted by atomic mass is 9.60. The fourth-order valence-corrected chi connectivity index (χ4v) is 11.4. The van der Waals surface area contributed by atoms with Crippen molar-refractivity contribution in [2.24, 2.45) is 17.3 Å². The molecule has 1 atom stereocenters. The van der Waals surface area contributed by atoms with Gasteiger partial charge in [-0.2, -0.15) is 4.98 Å². The summed E-state index contributed by atoms with van der Waals surface area (Å²) in [5.74, 6) is 1.30. The van der Waals surface area contributed by atoms with Gasteiger partial charge in [0.25, 0.3) is 15.9 Å². The molecule has 0 radical (unpaired) electrons. The topological polar surface area (TPSA) is 189 Å². The van der Waals surface area contributed by atoms with Crippen LogP contribution >= 0.6 is 0 Å². The summed E-state index contributed by atoms with van der Waals surface area (Å²) in [6.07, 6.45) is 15.3. The molecule has 2 saturated heterocycles. The summed E-state index contributed by atoms with van der Waals surface area (Å²) in [7, 11) is -4.62. The Labute approximate surface area is 368 Å². The van der Waals surface area contributed by atoms with Crippen molar-refractivity contribution in [3.05, 3.63) is 100.0 Å². The summed E-state index contributed by atoms with van der Waals surface area (Å²) >= 11 is 0. The molecule has 2 aliphatic carbocycles. The Morgan fingerprint density at radius 3 is 2.54 bits per heavy atom. The highest BCUT2D eigenvalue weighted by Crippen LogP contribution is 2.54. The first-order chi connectivity index (χ1) is 30.3. The van der Waals surface area contributed by atoms with Gasteiger partial charge in [0.2, 0.25) is 11.7 Å². The number of amides is 1. The molecule has 4 aromatic heterocycles. The van der Waals surface area contributed by atoms with Crippen LogP contribution in [0.15, 0.2) is 78.1 Å². The van der Waals surface area contributed by atoms with E-state index < -0.39 is 31.4 Å². The largest absolute Gasteiger partial charge is 0.436 e. The lowest BCUT2D eigenvalue weighted by Crippen LogP contribution is -2.55. The van der Waals surface area contributed by atoms with Gasteiger partial charge in [0.05, 0.1) is 17.3 Å². The molecule has 332 valence electrons. The number of aromatic nitrogens is 4. The second-order valence-corrected chi connectivity index (χ2v) is 20.4. The maximum absolute atomic E-state index is 13.9. The molecule has 9 rings (SSSR count). The zero-order valence-corrected chi connectivity index (χ0v) is 37.1. The third-order valence-electron chi connectivity index (χ3n) is 14.2. The maximum Gasteiger partial charge on any atom is 0.312 e. The molecule has 1 aromatic carbocycles. The number of nitro groups is 1. The van der Waals surface area contributed by atoms with E-state index in [2.05, 4.69) is 79.8 Å². The minimum absolute atomic E-state index is 0.0170. The van der Waals surface area contributed by atoms with Gasteiger partial charge in [0.15, 0.2) is 0 Å². The predicted molar refractivity (Wildman–Crippen MR) is 242 cm³/mol. The molecule has 0 unspecified atom stereocenters. The molecule has 5 aromatic rings. The molecular formula is C47H57N9O6S. The number of carbonyl (C=O) groups excluding carboxylic acids is 1. The van der Waals surface area contributed by atoms with Crippen molar-refractivity contribution >= 4 is 44.3 Å². The molecular weight excluding hydrogens is 819 g/mol. The number of nitrogens with zero attached hydrogens (tertiary/aromatic N) is 6. The van der Waals surface area contributed by atoms with E-state index in [1.165, 1.54) is 49.1 Å². The number of fused-ring (bicyclic) bond motifs is 1. The number of ether oxygens (including phenoxy) is 1. The van der Waals surface area contributed by atoms with Crippen molar-refractivity contribution in [3.63, 3.8) is 0 Å². The van der Waals surface area contributed by atoms with Crippen LogP contribution in [0.3, 0.4) is 0 Å². The van der Waals surface area contributed by atoms with Crippen LogP contribution in [0.25, 0.3) is 11.0 Å². The zero-order chi connectivity index (χ0) is 43.9. The molecule has 15 nitrogen and oxygen atoms in total. The lowest BCUT2D eigenvalue weighted by molar-refractivity contribution is -0.384. The van der Waals surface area contributed by atoms with Gasteiger partial charge in [0, 0.05) is 49.4 Å². The van der Waals surface area contributed by atoms with Crippen molar-refractivity contribution < 1.29 is 22.9 Å². The minimum Gasteiger partial charge on any atom is -0.436 e. The molecule has 0 bridgehead atoms. The molecule has 63 heavy (non-hydrogen) atoms. The van der Waals surface area contributed by atoms with Crippen LogP contribution in [-0.2, 0) is 10.0 Å². The highest BCUT2D eigenvalue weighted by atomic mass is 32.2. The van der Waals surface area contributed by atoms with Crippen molar-refractivity contribution in [2.45, 2.75) is 108 Å². The second-order valence-electron chi connectivity index (χ2n) is 18.7. The van der Waals surface area contributed by atoms with Crippen molar-refractivity contribution in [2.75, 3.05) is 36.4 Å². The van der Waals surface area contributed by atoms with Crippen molar-refractivity contribution in [1.82, 2.24) is 29.6 Å². The Hall–Kier alpha value is -5.61. The predicted octanol–water partition coefficient (Wildman–Crippen LogP) is 9.12. The van der Waals surface area contributed by atoms with Crippen molar-refractivity contribution in [1.29, 1.82) is 0 Å². The number of sulfonamides is 1. The van der Waals surface area contributed by atoms with E-state index in [9.17, 15) is 23.3 Å². The number of carbonyl (C=O) groups is 1. The number of likely N-dealkylation sites (tertiary alicyclic amines) is 1. The van der Waals surface area contributed by atoms with Crippen LogP contribution in [0.2, 0.25) is 0 Å². The van der Waals surface area contributed by atoms with Crippen LogP contribution in [0.5, 0.6) is 11.6 Å². The Morgan fingerprint density at radius 2 is 1.78 bits per heavy atom. The number of nitrogens with one attached hydrogen (secondary N) is 3. The summed E-state index contributed by atoms with van der Waals surface area (Å²) in [6, 6.07) is 17.8. The fourth-order valence-electron chi connectivity index (χ4n) is 10.5. The third kappa shape index (κ3) is 8.97. The van der Waals surface area contributed by atoms with Crippen LogP contribution in [0.4, 0.5) is 17.3 Å². The number of piperidine rings is 1. The zero-order valence-electron chi connectivity index (χ0n) is 36.3. The number of H-pyrrole nitrogens is 1. The van der Waals surface area contributed by atoms with Gasteiger partial charge < -0.3 is 19.9 Å². The van der Waals surface area contributed by atoms with Crippen LogP contribution in [0, 0.1) is 27.4 Å². The van der Waals surface area contributed by atoms with E-state index in [0.29, 0.717) is 53.6 Å². The first-order valence-electron chi connectivity index (χ1n) is 22.5. The minimum atomic E-state index is -4.62. The highest BCUT2D eigenvalue weighted by Gasteiger charge is 2.50. The average Bonchev–Trinajstić information content (AvgIpc) is 3.95. The molecule has 3 N–H and O–H groups in total. The van der Waals surface area contributed by atoms with E-state index in [0.717, 1.165) is 75.8 Å². The second kappa shape index (κ2) is 17.5. The Kier molecular flexibility index (Phi) is 11.9. The average molecular weight is 876 g/mol. The number of hydrogen-bond donors (Lipinski definition) is 3. The van der Waals surface area contributed by atoms with Gasteiger partial charge in [-0.05, 0) is 116 Å². The normalized spacial score (nSPS) is 21.7. The molecule has 4 aliphatic rings. The van der Waals surface area contributed by atoms with Gasteiger partial charge in [-0.1, -0.05) is 57.9 Å². The summed E-state index contributed by atoms with van der Waals surface area (Å²) in [5.41, 5.74) is 3.26. The first kappa shape index (κ1) is 42.7. The molecule has 2 saturated carbocycles. The Balaban J connectivity index is 0.899. The van der Waals surface area contributed by atoms with Gasteiger partial charge in [-0.3, -0.25) is 19.8 Å². The van der Waals surface area contributed by atoms with E-state index in [1.807, 2.05) is 6.07 Å². The summed E-state index contributed by atoms with van der Waals surface area (Å²) < 4.78 is 35.7. The van der Waals surface area contributed by atoms with E-state index in [-0.39, 0.29) is 22.7 Å². The lowest BCUT2D eigenvalue weighted by Gasteiger charge is -2.56. The number of anilines is 2. The highest BCUT2D eigenvalue weighted by molar-refractivity contribution is 7.90. The molecule has 2 aliphatic heterocycles. The van der Waals surface area contributed by atoms with Gasteiger partial charge in [-0.15, -0.1) is 0 Å². The number of pyridine rings is 3. The molecule has 16 heteroatoms. The smallest absolute Gasteiger partial charge is 0.312 e. The number of rotatable bonds is 13. The maximum atomic E-state index is 13.9. The standard InChI is InChI=1S/C47H57N9O6S/c1-30(2)37-7-4-5-8-38(37)40-9-6-20-55(40)34-25-47(26-34)17-21-54(22-18-47)42-15-14-39(46(52-42)62-35-23-33-16-19-48-43(33)50-28-35)45(57)53-63(60,61)36-24-41(56(58)59)44(51-29-36)49-27-32-12-10-31(3)11-13-32/h4-5,7-8,14-16,19,23-24,28-32,34,40H,6,9-13,17-18,20-22,25-27H2,1-3H3,(H,48,50)(H,49,51)(H,53,57)/t31?,32?,40-/m0/s1. The van der Waals surface area contributed by atoms with E-state index >= 15 is 0 Å². The number of aromatic amines is 1. The van der Waals surface area contributed by atoms with Crippen LogP contribution < -0.4 is 19.7 Å². The molecule has 6 heterocycles. The quantitative estimate of drug-likeness (QED) is 0.0753. The number of hydrogen-bond acceptors (Lipinski definition) is 12. The number of benzene rings is 1. The summed E-state index contributed by atoms with van der Waals surface area (Å²) in [5, 5.41) is 15.9. The van der Waals surface area contributed by atoms with Crippen molar-refractivity contribution in [3.8, 4) is 11.6 Å². The molecule has 4 fully saturated rings. The molecule has 1 spiro atoms. The van der Waals surface area contributed by atoms with Gasteiger partial charge >= 0.3 is 5.69 Å². The monoisotopic (exact) mass is 875 g/mol. The van der Waals surface area contributed by atoms with E-state index in [1.54, 1.807) is 18.3 Å². The fraction of sp³-hybridized carbons (Fsp3) is 0.489.